The zero-order chi connectivity index (χ0) is 13.9. The number of benzene rings is 1. The van der Waals surface area contributed by atoms with Gasteiger partial charge in [0.15, 0.2) is 0 Å². The van der Waals surface area contributed by atoms with Gasteiger partial charge in [0.2, 0.25) is 5.91 Å². The van der Waals surface area contributed by atoms with Gasteiger partial charge in [-0.2, -0.15) is 0 Å². The molecule has 1 amide bonds. The van der Waals surface area contributed by atoms with Crippen LogP contribution in [0.15, 0.2) is 12.1 Å². The molecule has 0 heterocycles. The molecule has 0 bridgehead atoms. The molecule has 3 N–H and O–H groups in total. The number of nitrogens with two attached hydrogens (primary N) is 1. The van der Waals surface area contributed by atoms with E-state index in [1.54, 1.807) is 26.0 Å². The molecule has 0 aromatic heterocycles. The lowest BCUT2D eigenvalue weighted by atomic mass is 10.0. The molecule has 1 aromatic rings. The van der Waals surface area contributed by atoms with Gasteiger partial charge >= 0.3 is 0 Å². The van der Waals surface area contributed by atoms with Crippen LogP contribution in [-0.4, -0.2) is 19.1 Å². The Hall–Kier alpha value is -1.26. The normalized spacial score (nSPS) is 13.9. The summed E-state index contributed by atoms with van der Waals surface area (Å²) in [6.07, 6.45) is 0. The van der Waals surface area contributed by atoms with Crippen LogP contribution in [0.4, 0.5) is 5.69 Å². The van der Waals surface area contributed by atoms with Crippen LogP contribution in [0.1, 0.15) is 19.4 Å². The van der Waals surface area contributed by atoms with Gasteiger partial charge in [-0.25, -0.2) is 0 Å². The Morgan fingerprint density at radius 3 is 2.56 bits per heavy atom. The van der Waals surface area contributed by atoms with Crippen molar-refractivity contribution in [3.8, 4) is 5.75 Å². The van der Waals surface area contributed by atoms with E-state index in [1.165, 1.54) is 7.11 Å². The number of anilines is 1. The molecule has 0 aliphatic heterocycles. The predicted molar refractivity (Wildman–Crippen MR) is 74.2 cm³/mol. The second-order valence-electron chi connectivity index (χ2n) is 4.44. The number of aryl methyl sites for hydroxylation is 1. The summed E-state index contributed by atoms with van der Waals surface area (Å²) in [4.78, 5) is 11.9. The SMILES string of the molecule is COc1cc(Cl)c(C)cc1NC(=O)C(C)C(C)N. The highest BCUT2D eigenvalue weighted by Gasteiger charge is 2.18. The molecular formula is C13H19ClN2O2. The Morgan fingerprint density at radius 2 is 2.06 bits per heavy atom. The van der Waals surface area contributed by atoms with E-state index in [2.05, 4.69) is 5.32 Å². The van der Waals surface area contributed by atoms with Crippen LogP contribution in [0.3, 0.4) is 0 Å². The highest BCUT2D eigenvalue weighted by Crippen LogP contribution is 2.31. The molecule has 0 aliphatic rings. The van der Waals surface area contributed by atoms with E-state index in [0.29, 0.717) is 16.5 Å². The van der Waals surface area contributed by atoms with Gasteiger partial charge in [0.1, 0.15) is 5.75 Å². The number of ether oxygens (including phenoxy) is 1. The Kier molecular flexibility index (Phi) is 4.99. The molecule has 0 aliphatic carbocycles. The van der Waals surface area contributed by atoms with Crippen molar-refractivity contribution in [2.75, 3.05) is 12.4 Å². The molecule has 1 aromatic carbocycles. The van der Waals surface area contributed by atoms with Crippen molar-refractivity contribution in [2.24, 2.45) is 11.7 Å². The van der Waals surface area contributed by atoms with Crippen molar-refractivity contribution in [2.45, 2.75) is 26.8 Å². The number of hydrogen-bond acceptors (Lipinski definition) is 3. The first-order valence-electron chi connectivity index (χ1n) is 5.77. The van der Waals surface area contributed by atoms with Crippen molar-refractivity contribution in [1.29, 1.82) is 0 Å². The van der Waals surface area contributed by atoms with Crippen LogP contribution in [-0.2, 0) is 4.79 Å². The summed E-state index contributed by atoms with van der Waals surface area (Å²) >= 11 is 6.00. The topological polar surface area (TPSA) is 64.3 Å². The van der Waals surface area contributed by atoms with Gasteiger partial charge in [-0.3, -0.25) is 4.79 Å². The zero-order valence-electron chi connectivity index (χ0n) is 11.1. The molecule has 4 nitrogen and oxygen atoms in total. The Balaban J connectivity index is 2.97. The summed E-state index contributed by atoms with van der Waals surface area (Å²) in [7, 11) is 1.53. The van der Waals surface area contributed by atoms with Gasteiger partial charge in [0, 0.05) is 17.1 Å². The van der Waals surface area contributed by atoms with E-state index in [1.807, 2.05) is 6.92 Å². The van der Waals surface area contributed by atoms with E-state index < -0.39 is 0 Å². The summed E-state index contributed by atoms with van der Waals surface area (Å²) in [5.41, 5.74) is 7.19. The van der Waals surface area contributed by atoms with Crippen LogP contribution in [0.25, 0.3) is 0 Å². The van der Waals surface area contributed by atoms with Gasteiger partial charge in [-0.15, -0.1) is 0 Å². The van der Waals surface area contributed by atoms with Gasteiger partial charge < -0.3 is 15.8 Å². The molecule has 0 saturated heterocycles. The van der Waals surface area contributed by atoms with E-state index >= 15 is 0 Å². The number of carbonyl (C=O) groups is 1. The molecule has 5 heteroatoms. The first kappa shape index (κ1) is 14.8. The minimum atomic E-state index is -0.273. The molecule has 0 radical (unpaired) electrons. The van der Waals surface area contributed by atoms with Crippen molar-refractivity contribution >= 4 is 23.2 Å². The summed E-state index contributed by atoms with van der Waals surface area (Å²) in [5, 5.41) is 3.41. The first-order valence-corrected chi connectivity index (χ1v) is 6.15. The lowest BCUT2D eigenvalue weighted by molar-refractivity contribution is -0.119. The number of methoxy groups -OCH3 is 1. The van der Waals surface area contributed by atoms with E-state index in [0.717, 1.165) is 5.56 Å². The highest BCUT2D eigenvalue weighted by molar-refractivity contribution is 6.31. The van der Waals surface area contributed by atoms with E-state index in [-0.39, 0.29) is 17.9 Å². The lowest BCUT2D eigenvalue weighted by Gasteiger charge is -2.17. The maximum Gasteiger partial charge on any atom is 0.228 e. The molecule has 100 valence electrons. The summed E-state index contributed by atoms with van der Waals surface area (Å²) in [6, 6.07) is 3.26. The van der Waals surface area contributed by atoms with Crippen molar-refractivity contribution in [3.05, 3.63) is 22.7 Å². The van der Waals surface area contributed by atoms with Crippen LogP contribution in [0.2, 0.25) is 5.02 Å². The van der Waals surface area contributed by atoms with Gasteiger partial charge in [-0.1, -0.05) is 18.5 Å². The van der Waals surface area contributed by atoms with Crippen LogP contribution < -0.4 is 15.8 Å². The fraction of sp³-hybridized carbons (Fsp3) is 0.462. The Bertz CT molecular complexity index is 447. The number of amides is 1. The third-order valence-corrected chi connectivity index (χ3v) is 3.35. The largest absolute Gasteiger partial charge is 0.495 e. The summed E-state index contributed by atoms with van der Waals surface area (Å²) < 4.78 is 5.19. The lowest BCUT2D eigenvalue weighted by Crippen LogP contribution is -2.34. The first-order chi connectivity index (χ1) is 8.36. The molecule has 0 fully saturated rings. The predicted octanol–water partition coefficient (Wildman–Crippen LogP) is 2.58. The molecule has 0 spiro atoms. The standard InChI is InChI=1S/C13H19ClN2O2/c1-7-5-11(12(18-4)6-10(7)14)16-13(17)8(2)9(3)15/h5-6,8-9H,15H2,1-4H3,(H,16,17). The number of halogens is 1. The molecule has 1 rings (SSSR count). The molecule has 2 unspecified atom stereocenters. The van der Waals surface area contributed by atoms with Crippen LogP contribution in [0.5, 0.6) is 5.75 Å². The Labute approximate surface area is 112 Å². The minimum Gasteiger partial charge on any atom is -0.495 e. The third kappa shape index (κ3) is 3.37. The monoisotopic (exact) mass is 270 g/mol. The van der Waals surface area contributed by atoms with Gasteiger partial charge in [0.25, 0.3) is 0 Å². The Morgan fingerprint density at radius 1 is 1.44 bits per heavy atom. The molecule has 2 atom stereocenters. The fourth-order valence-electron chi connectivity index (χ4n) is 1.42. The van der Waals surface area contributed by atoms with E-state index in [4.69, 9.17) is 22.1 Å². The van der Waals surface area contributed by atoms with Crippen molar-refractivity contribution in [3.63, 3.8) is 0 Å². The van der Waals surface area contributed by atoms with Crippen molar-refractivity contribution < 1.29 is 9.53 Å². The third-order valence-electron chi connectivity index (χ3n) is 2.94. The summed E-state index contributed by atoms with van der Waals surface area (Å²) in [5.74, 6) is 0.131. The van der Waals surface area contributed by atoms with E-state index in [9.17, 15) is 4.79 Å². The number of nitrogens with one attached hydrogen (secondary N) is 1. The number of rotatable bonds is 4. The van der Waals surface area contributed by atoms with Crippen LogP contribution >= 0.6 is 11.6 Å². The minimum absolute atomic E-state index is 0.134. The second-order valence-corrected chi connectivity index (χ2v) is 4.85. The smallest absolute Gasteiger partial charge is 0.228 e. The second kappa shape index (κ2) is 6.07. The van der Waals surface area contributed by atoms with Gasteiger partial charge in [0.05, 0.1) is 18.7 Å². The van der Waals surface area contributed by atoms with Gasteiger partial charge in [-0.05, 0) is 25.5 Å². The molecule has 18 heavy (non-hydrogen) atoms. The average molecular weight is 271 g/mol. The average Bonchev–Trinajstić information content (AvgIpc) is 2.32. The highest BCUT2D eigenvalue weighted by atomic mass is 35.5. The quantitative estimate of drug-likeness (QED) is 0.884. The molecule has 0 saturated carbocycles. The zero-order valence-corrected chi connectivity index (χ0v) is 11.8. The number of carbonyl (C=O) groups excluding carboxylic acids is 1. The molecular weight excluding hydrogens is 252 g/mol. The summed E-state index contributed by atoms with van der Waals surface area (Å²) in [6.45, 7) is 5.45. The maximum absolute atomic E-state index is 11.9. The van der Waals surface area contributed by atoms with Crippen molar-refractivity contribution in [1.82, 2.24) is 0 Å². The maximum atomic E-state index is 11.9. The number of hydrogen-bond donors (Lipinski definition) is 2. The van der Waals surface area contributed by atoms with Crippen LogP contribution in [0, 0.1) is 12.8 Å². The fourth-order valence-corrected chi connectivity index (χ4v) is 1.57.